The second-order valence-electron chi connectivity index (χ2n) is 4.40. The van der Waals surface area contributed by atoms with Crippen LogP contribution in [0.2, 0.25) is 5.02 Å². The van der Waals surface area contributed by atoms with Gasteiger partial charge >= 0.3 is 5.97 Å². The van der Waals surface area contributed by atoms with E-state index in [-0.39, 0.29) is 12.1 Å². The van der Waals surface area contributed by atoms with E-state index in [1.807, 2.05) is 0 Å². The van der Waals surface area contributed by atoms with Gasteiger partial charge in [0.05, 0.1) is 16.3 Å². The van der Waals surface area contributed by atoms with Crippen molar-refractivity contribution in [1.82, 2.24) is 0 Å². The number of hydrogen-bond acceptors (Lipinski definition) is 3. The predicted molar refractivity (Wildman–Crippen MR) is 68.2 cm³/mol. The summed E-state index contributed by atoms with van der Waals surface area (Å²) in [5.41, 5.74) is 6.53. The molecular weight excluding hydrogens is 238 g/mol. The number of nitrogens with two attached hydrogens (primary N) is 1. The molecule has 17 heavy (non-hydrogen) atoms. The van der Waals surface area contributed by atoms with E-state index in [0.29, 0.717) is 16.3 Å². The van der Waals surface area contributed by atoms with E-state index in [0.717, 1.165) is 25.7 Å². The summed E-state index contributed by atoms with van der Waals surface area (Å²) in [4.78, 5) is 11.9. The molecule has 0 heterocycles. The van der Waals surface area contributed by atoms with Crippen molar-refractivity contribution in [3.63, 3.8) is 0 Å². The van der Waals surface area contributed by atoms with Crippen LogP contribution in [0.15, 0.2) is 18.2 Å². The van der Waals surface area contributed by atoms with Crippen molar-refractivity contribution in [3.05, 3.63) is 28.8 Å². The van der Waals surface area contributed by atoms with Crippen LogP contribution in [0.3, 0.4) is 0 Å². The van der Waals surface area contributed by atoms with Gasteiger partial charge in [0.25, 0.3) is 0 Å². The number of esters is 1. The Morgan fingerprint density at radius 2 is 2.00 bits per heavy atom. The first-order valence-corrected chi connectivity index (χ1v) is 6.30. The van der Waals surface area contributed by atoms with Crippen LogP contribution in [0.25, 0.3) is 0 Å². The molecule has 0 saturated heterocycles. The maximum absolute atomic E-state index is 11.9. The quantitative estimate of drug-likeness (QED) is 0.649. The Morgan fingerprint density at radius 3 is 2.65 bits per heavy atom. The van der Waals surface area contributed by atoms with Crippen molar-refractivity contribution in [2.45, 2.75) is 38.2 Å². The average Bonchev–Trinajstić information content (AvgIpc) is 2.34. The molecule has 1 aliphatic rings. The minimum absolute atomic E-state index is 0.0626. The largest absolute Gasteiger partial charge is 0.459 e. The number of ether oxygens (including phenoxy) is 1. The van der Waals surface area contributed by atoms with Crippen LogP contribution in [0.4, 0.5) is 5.69 Å². The van der Waals surface area contributed by atoms with Crippen LogP contribution >= 0.6 is 11.6 Å². The summed E-state index contributed by atoms with van der Waals surface area (Å²) in [5.74, 6) is -0.307. The minimum atomic E-state index is -0.307. The standard InChI is InChI=1S/C13H16ClNO2/c14-11-8-9(6-7-12(11)15)13(16)17-10-4-2-1-3-5-10/h6-8,10H,1-5,15H2. The molecule has 1 aliphatic carbocycles. The Labute approximate surface area is 106 Å². The molecule has 1 aromatic rings. The van der Waals surface area contributed by atoms with E-state index in [2.05, 4.69) is 0 Å². The highest BCUT2D eigenvalue weighted by atomic mass is 35.5. The predicted octanol–water partition coefficient (Wildman–Crippen LogP) is 3.41. The smallest absolute Gasteiger partial charge is 0.338 e. The third-order valence-corrected chi connectivity index (χ3v) is 3.39. The molecule has 0 unspecified atom stereocenters. The molecule has 3 nitrogen and oxygen atoms in total. The van der Waals surface area contributed by atoms with E-state index in [1.54, 1.807) is 18.2 Å². The topological polar surface area (TPSA) is 52.3 Å². The number of hydrogen-bond donors (Lipinski definition) is 1. The van der Waals surface area contributed by atoms with Gasteiger partial charge in [-0.25, -0.2) is 4.79 Å². The summed E-state index contributed by atoms with van der Waals surface area (Å²) >= 11 is 5.87. The Balaban J connectivity index is 2.01. The second kappa shape index (κ2) is 5.41. The summed E-state index contributed by atoms with van der Waals surface area (Å²) < 4.78 is 5.43. The first kappa shape index (κ1) is 12.2. The third-order valence-electron chi connectivity index (χ3n) is 3.06. The Hall–Kier alpha value is -1.22. The Bertz CT molecular complexity index is 414. The lowest BCUT2D eigenvalue weighted by Crippen LogP contribution is -2.20. The first-order valence-electron chi connectivity index (χ1n) is 5.93. The van der Waals surface area contributed by atoms with E-state index in [1.165, 1.54) is 6.42 Å². The molecule has 1 fully saturated rings. The van der Waals surface area contributed by atoms with Crippen molar-refractivity contribution in [2.24, 2.45) is 0 Å². The summed E-state index contributed by atoms with van der Waals surface area (Å²) in [5, 5.41) is 0.392. The Morgan fingerprint density at radius 1 is 1.29 bits per heavy atom. The van der Waals surface area contributed by atoms with Gasteiger partial charge in [-0.05, 0) is 43.9 Å². The molecule has 0 atom stereocenters. The Kier molecular flexibility index (Phi) is 3.89. The highest BCUT2D eigenvalue weighted by molar-refractivity contribution is 6.33. The number of carbonyl (C=O) groups excluding carboxylic acids is 1. The second-order valence-corrected chi connectivity index (χ2v) is 4.81. The van der Waals surface area contributed by atoms with Gasteiger partial charge in [0.1, 0.15) is 6.10 Å². The lowest BCUT2D eigenvalue weighted by atomic mass is 9.98. The lowest BCUT2D eigenvalue weighted by Gasteiger charge is -2.21. The van der Waals surface area contributed by atoms with Crippen molar-refractivity contribution < 1.29 is 9.53 Å². The van der Waals surface area contributed by atoms with E-state index >= 15 is 0 Å². The molecule has 1 saturated carbocycles. The van der Waals surface area contributed by atoms with Crippen LogP contribution in [-0.4, -0.2) is 12.1 Å². The third kappa shape index (κ3) is 3.13. The molecule has 2 rings (SSSR count). The SMILES string of the molecule is Nc1ccc(C(=O)OC2CCCCC2)cc1Cl. The summed E-state index contributed by atoms with van der Waals surface area (Å²) in [6, 6.07) is 4.83. The van der Waals surface area contributed by atoms with Crippen LogP contribution in [-0.2, 0) is 4.74 Å². The van der Waals surface area contributed by atoms with Gasteiger partial charge in [-0.15, -0.1) is 0 Å². The van der Waals surface area contributed by atoms with Crippen LogP contribution < -0.4 is 5.73 Å². The fourth-order valence-corrected chi connectivity index (χ4v) is 2.24. The normalized spacial score (nSPS) is 16.8. The number of nitrogen functional groups attached to an aromatic ring is 1. The zero-order chi connectivity index (χ0) is 12.3. The number of carbonyl (C=O) groups is 1. The van der Waals surface area contributed by atoms with E-state index in [4.69, 9.17) is 22.1 Å². The van der Waals surface area contributed by atoms with Crippen molar-refractivity contribution in [2.75, 3.05) is 5.73 Å². The van der Waals surface area contributed by atoms with Crippen molar-refractivity contribution >= 4 is 23.3 Å². The van der Waals surface area contributed by atoms with Crippen molar-refractivity contribution in [1.29, 1.82) is 0 Å². The molecule has 0 amide bonds. The molecule has 0 aliphatic heterocycles. The molecule has 0 bridgehead atoms. The summed E-state index contributed by atoms with van der Waals surface area (Å²) in [7, 11) is 0. The highest BCUT2D eigenvalue weighted by Gasteiger charge is 2.19. The van der Waals surface area contributed by atoms with E-state index < -0.39 is 0 Å². The monoisotopic (exact) mass is 253 g/mol. The van der Waals surface area contributed by atoms with Crippen molar-refractivity contribution in [3.8, 4) is 0 Å². The number of anilines is 1. The van der Waals surface area contributed by atoms with Crippen LogP contribution in [0.5, 0.6) is 0 Å². The maximum Gasteiger partial charge on any atom is 0.338 e. The fourth-order valence-electron chi connectivity index (χ4n) is 2.06. The number of halogens is 1. The van der Waals surface area contributed by atoms with Gasteiger partial charge in [0.15, 0.2) is 0 Å². The van der Waals surface area contributed by atoms with Gasteiger partial charge in [-0.3, -0.25) is 0 Å². The minimum Gasteiger partial charge on any atom is -0.459 e. The van der Waals surface area contributed by atoms with Gasteiger partial charge in [0.2, 0.25) is 0 Å². The molecule has 0 radical (unpaired) electrons. The maximum atomic E-state index is 11.9. The van der Waals surface area contributed by atoms with Crippen LogP contribution in [0.1, 0.15) is 42.5 Å². The zero-order valence-electron chi connectivity index (χ0n) is 9.62. The summed E-state index contributed by atoms with van der Waals surface area (Å²) in [6.45, 7) is 0. The van der Waals surface area contributed by atoms with Crippen LogP contribution in [0, 0.1) is 0 Å². The number of rotatable bonds is 2. The van der Waals surface area contributed by atoms with Gasteiger partial charge < -0.3 is 10.5 Å². The zero-order valence-corrected chi connectivity index (χ0v) is 10.4. The van der Waals surface area contributed by atoms with Gasteiger partial charge in [-0.1, -0.05) is 18.0 Å². The highest BCUT2D eigenvalue weighted by Crippen LogP contribution is 2.23. The fraction of sp³-hybridized carbons (Fsp3) is 0.462. The van der Waals surface area contributed by atoms with Gasteiger partial charge in [-0.2, -0.15) is 0 Å². The molecule has 4 heteroatoms. The van der Waals surface area contributed by atoms with Gasteiger partial charge in [0, 0.05) is 0 Å². The van der Waals surface area contributed by atoms with E-state index in [9.17, 15) is 4.79 Å². The summed E-state index contributed by atoms with van der Waals surface area (Å²) in [6.07, 6.45) is 5.51. The lowest BCUT2D eigenvalue weighted by molar-refractivity contribution is 0.0211. The molecular formula is C13H16ClNO2. The first-order chi connectivity index (χ1) is 8.16. The molecule has 92 valence electrons. The molecule has 2 N–H and O–H groups in total. The average molecular weight is 254 g/mol. The molecule has 1 aromatic carbocycles. The molecule has 0 spiro atoms. The number of benzene rings is 1. The molecule has 0 aromatic heterocycles.